The van der Waals surface area contributed by atoms with E-state index in [-0.39, 0.29) is 18.6 Å². The predicted octanol–water partition coefficient (Wildman–Crippen LogP) is 0.268. The molecule has 1 saturated heterocycles. The third kappa shape index (κ3) is 2.47. The van der Waals surface area contributed by atoms with Gasteiger partial charge in [-0.2, -0.15) is 0 Å². The normalized spacial score (nSPS) is 15.9. The first-order valence-electron chi connectivity index (χ1n) is 4.89. The van der Waals surface area contributed by atoms with E-state index in [1.54, 1.807) is 17.0 Å². The van der Waals surface area contributed by atoms with E-state index in [1.165, 1.54) is 0 Å². The first-order chi connectivity index (χ1) is 7.25. The largest absolute Gasteiger partial charge is 0.484 e. The van der Waals surface area contributed by atoms with Crippen LogP contribution in [0.15, 0.2) is 30.3 Å². The van der Waals surface area contributed by atoms with Crippen LogP contribution in [-0.2, 0) is 4.79 Å². The molecule has 4 heteroatoms. The quantitative estimate of drug-likeness (QED) is 0.774. The van der Waals surface area contributed by atoms with E-state index < -0.39 is 0 Å². The maximum absolute atomic E-state index is 11.4. The number of amides is 1. The molecule has 1 N–H and O–H groups in total. The van der Waals surface area contributed by atoms with Crippen LogP contribution in [0, 0.1) is 0 Å². The predicted molar refractivity (Wildman–Crippen MR) is 54.5 cm³/mol. The first-order valence-corrected chi connectivity index (χ1v) is 4.89. The zero-order chi connectivity index (χ0) is 10.7. The lowest BCUT2D eigenvalue weighted by molar-refractivity contribution is -0.143. The topological polar surface area (TPSA) is 49.8 Å². The minimum absolute atomic E-state index is 0.0384. The molecule has 0 saturated carbocycles. The summed E-state index contributed by atoms with van der Waals surface area (Å²) in [5.41, 5.74) is 0. The molecule has 1 heterocycles. The lowest BCUT2D eigenvalue weighted by atomic mass is 10.2. The van der Waals surface area contributed by atoms with Crippen molar-refractivity contribution in [1.29, 1.82) is 0 Å². The number of para-hydroxylation sites is 1. The van der Waals surface area contributed by atoms with Crippen LogP contribution in [0.3, 0.4) is 0 Å². The summed E-state index contributed by atoms with van der Waals surface area (Å²) in [5, 5.41) is 9.02. The highest BCUT2D eigenvalue weighted by molar-refractivity contribution is 5.78. The Labute approximate surface area is 88.1 Å². The van der Waals surface area contributed by atoms with Gasteiger partial charge in [-0.05, 0) is 12.1 Å². The second-order valence-electron chi connectivity index (χ2n) is 3.55. The molecule has 4 nitrogen and oxygen atoms in total. The number of hydrogen-bond donors (Lipinski definition) is 1. The Kier molecular flexibility index (Phi) is 2.87. The van der Waals surface area contributed by atoms with E-state index >= 15 is 0 Å². The van der Waals surface area contributed by atoms with Gasteiger partial charge >= 0.3 is 0 Å². The number of ether oxygens (including phenoxy) is 1. The Morgan fingerprint density at radius 1 is 1.40 bits per heavy atom. The Hall–Kier alpha value is -1.55. The fourth-order valence-electron chi connectivity index (χ4n) is 1.41. The highest BCUT2D eigenvalue weighted by Gasteiger charge is 2.28. The van der Waals surface area contributed by atoms with Crippen molar-refractivity contribution >= 4 is 5.91 Å². The summed E-state index contributed by atoms with van der Waals surface area (Å²) in [6.45, 7) is 0.894. The number of hydrogen-bond acceptors (Lipinski definition) is 3. The summed E-state index contributed by atoms with van der Waals surface area (Å²) in [7, 11) is 0. The van der Waals surface area contributed by atoms with Crippen molar-refractivity contribution in [2.24, 2.45) is 0 Å². The van der Waals surface area contributed by atoms with E-state index in [0.29, 0.717) is 18.8 Å². The number of carbonyl (C=O) groups is 1. The van der Waals surface area contributed by atoms with Gasteiger partial charge in [0.1, 0.15) is 5.75 Å². The number of aliphatic hydroxyl groups is 1. The molecule has 15 heavy (non-hydrogen) atoms. The number of benzene rings is 1. The van der Waals surface area contributed by atoms with Gasteiger partial charge in [-0.15, -0.1) is 0 Å². The van der Waals surface area contributed by atoms with Crippen LogP contribution in [0.2, 0.25) is 0 Å². The molecule has 0 unspecified atom stereocenters. The summed E-state index contributed by atoms with van der Waals surface area (Å²) in [5.74, 6) is 0.607. The van der Waals surface area contributed by atoms with Crippen molar-refractivity contribution in [1.82, 2.24) is 4.90 Å². The van der Waals surface area contributed by atoms with Gasteiger partial charge in [-0.3, -0.25) is 4.79 Å². The highest BCUT2D eigenvalue weighted by Crippen LogP contribution is 2.10. The standard InChI is InChI=1S/C11H13NO3/c13-9-6-12(7-9)11(14)8-15-10-4-2-1-3-5-10/h1-5,9,13H,6-8H2. The van der Waals surface area contributed by atoms with Crippen LogP contribution in [0.5, 0.6) is 5.75 Å². The number of rotatable bonds is 3. The van der Waals surface area contributed by atoms with Gasteiger partial charge in [-0.25, -0.2) is 0 Å². The summed E-state index contributed by atoms with van der Waals surface area (Å²) >= 11 is 0. The first kappa shape index (κ1) is 9.98. The fraction of sp³-hybridized carbons (Fsp3) is 0.364. The molecule has 0 bridgehead atoms. The van der Waals surface area contributed by atoms with Crippen molar-refractivity contribution in [3.63, 3.8) is 0 Å². The van der Waals surface area contributed by atoms with Gasteiger partial charge < -0.3 is 14.7 Å². The van der Waals surface area contributed by atoms with Gasteiger partial charge in [0.15, 0.2) is 6.61 Å². The molecule has 1 aromatic rings. The SMILES string of the molecule is O=C(COc1ccccc1)N1CC(O)C1. The zero-order valence-electron chi connectivity index (χ0n) is 8.30. The maximum Gasteiger partial charge on any atom is 0.260 e. The van der Waals surface area contributed by atoms with Gasteiger partial charge in [0.25, 0.3) is 5.91 Å². The van der Waals surface area contributed by atoms with Crippen molar-refractivity contribution in [3.05, 3.63) is 30.3 Å². The van der Waals surface area contributed by atoms with E-state index in [1.807, 2.05) is 18.2 Å². The minimum atomic E-state index is -0.356. The molecule has 0 spiro atoms. The molecule has 2 rings (SSSR count). The molecule has 1 aliphatic rings. The number of likely N-dealkylation sites (tertiary alicyclic amines) is 1. The van der Waals surface area contributed by atoms with Crippen LogP contribution in [-0.4, -0.2) is 41.7 Å². The molecule has 1 amide bonds. The molecular weight excluding hydrogens is 194 g/mol. The average Bonchev–Trinajstić information content (AvgIpc) is 2.23. The molecule has 0 radical (unpaired) electrons. The number of β-amino-alcohol motifs (C(OH)–C–C–N with tert-alkyl or cyclic N) is 1. The van der Waals surface area contributed by atoms with Crippen LogP contribution in [0.25, 0.3) is 0 Å². The molecule has 1 aliphatic heterocycles. The van der Waals surface area contributed by atoms with E-state index in [0.717, 1.165) is 0 Å². The molecule has 1 fully saturated rings. The Bertz CT molecular complexity index is 333. The Morgan fingerprint density at radius 3 is 2.67 bits per heavy atom. The van der Waals surface area contributed by atoms with Crippen molar-refractivity contribution in [2.75, 3.05) is 19.7 Å². The summed E-state index contributed by atoms with van der Waals surface area (Å²) in [4.78, 5) is 13.0. The smallest absolute Gasteiger partial charge is 0.260 e. The Morgan fingerprint density at radius 2 is 2.07 bits per heavy atom. The van der Waals surface area contributed by atoms with Crippen molar-refractivity contribution in [2.45, 2.75) is 6.10 Å². The second kappa shape index (κ2) is 4.31. The summed E-state index contributed by atoms with van der Waals surface area (Å²) in [6.07, 6.45) is -0.356. The van der Waals surface area contributed by atoms with E-state index in [4.69, 9.17) is 9.84 Å². The summed E-state index contributed by atoms with van der Waals surface area (Å²) < 4.78 is 5.29. The van der Waals surface area contributed by atoms with E-state index in [9.17, 15) is 4.79 Å². The molecule has 0 aliphatic carbocycles. The van der Waals surface area contributed by atoms with E-state index in [2.05, 4.69) is 0 Å². The van der Waals surface area contributed by atoms with Crippen LogP contribution in [0.4, 0.5) is 0 Å². The summed E-state index contributed by atoms with van der Waals surface area (Å²) in [6, 6.07) is 9.21. The molecular formula is C11H13NO3. The third-order valence-corrected chi connectivity index (χ3v) is 2.32. The van der Waals surface area contributed by atoms with Crippen LogP contribution in [0.1, 0.15) is 0 Å². The minimum Gasteiger partial charge on any atom is -0.484 e. The Balaban J connectivity index is 1.76. The van der Waals surface area contributed by atoms with Crippen molar-refractivity contribution in [3.8, 4) is 5.75 Å². The third-order valence-electron chi connectivity index (χ3n) is 2.32. The molecule has 0 aromatic heterocycles. The number of aliphatic hydroxyl groups excluding tert-OH is 1. The van der Waals surface area contributed by atoms with Crippen LogP contribution >= 0.6 is 0 Å². The monoisotopic (exact) mass is 207 g/mol. The van der Waals surface area contributed by atoms with Gasteiger partial charge in [0.05, 0.1) is 6.10 Å². The molecule has 0 atom stereocenters. The lowest BCUT2D eigenvalue weighted by Crippen LogP contribution is -2.54. The number of carbonyl (C=O) groups excluding carboxylic acids is 1. The number of nitrogens with zero attached hydrogens (tertiary/aromatic N) is 1. The lowest BCUT2D eigenvalue weighted by Gasteiger charge is -2.35. The fourth-order valence-corrected chi connectivity index (χ4v) is 1.41. The second-order valence-corrected chi connectivity index (χ2v) is 3.55. The van der Waals surface area contributed by atoms with Gasteiger partial charge in [-0.1, -0.05) is 18.2 Å². The van der Waals surface area contributed by atoms with Gasteiger partial charge in [0, 0.05) is 13.1 Å². The van der Waals surface area contributed by atoms with Crippen molar-refractivity contribution < 1.29 is 14.6 Å². The highest BCUT2D eigenvalue weighted by atomic mass is 16.5. The molecule has 1 aromatic carbocycles. The average molecular weight is 207 g/mol. The maximum atomic E-state index is 11.4. The molecule has 80 valence electrons. The zero-order valence-corrected chi connectivity index (χ0v) is 8.30. The van der Waals surface area contributed by atoms with Gasteiger partial charge in [0.2, 0.25) is 0 Å². The van der Waals surface area contributed by atoms with Crippen LogP contribution < -0.4 is 4.74 Å².